The van der Waals surface area contributed by atoms with E-state index in [2.05, 4.69) is 42.8 Å². The lowest BCUT2D eigenvalue weighted by Gasteiger charge is -2.29. The molecule has 0 aliphatic heterocycles. The first-order valence-corrected chi connectivity index (χ1v) is 6.25. The molecule has 1 rings (SSSR count). The first-order valence-electron chi connectivity index (χ1n) is 5.84. The van der Waals surface area contributed by atoms with E-state index in [4.69, 9.17) is 12.2 Å². The smallest absolute Gasteiger partial charge is 0.169 e. The van der Waals surface area contributed by atoms with E-state index < -0.39 is 0 Å². The minimum atomic E-state index is 0.375. The number of nitrogens with one attached hydrogen (secondary N) is 1. The molecule has 0 radical (unpaired) electrons. The Hall–Kier alpha value is -1.35. The van der Waals surface area contributed by atoms with Gasteiger partial charge in [-0.2, -0.15) is 0 Å². The van der Waals surface area contributed by atoms with Gasteiger partial charge >= 0.3 is 0 Å². The maximum absolute atomic E-state index is 5.38. The summed E-state index contributed by atoms with van der Waals surface area (Å²) in [4.78, 5) is 2.17. The highest BCUT2D eigenvalue weighted by Gasteiger charge is 2.12. The molecule has 17 heavy (non-hydrogen) atoms. The van der Waals surface area contributed by atoms with Crippen molar-refractivity contribution in [2.45, 2.75) is 26.4 Å². The molecule has 2 nitrogen and oxygen atoms in total. The zero-order valence-corrected chi connectivity index (χ0v) is 11.3. The van der Waals surface area contributed by atoms with E-state index in [9.17, 15) is 0 Å². The van der Waals surface area contributed by atoms with Crippen LogP contribution in [0.15, 0.2) is 43.0 Å². The average Bonchev–Trinajstić information content (AvgIpc) is 2.34. The van der Waals surface area contributed by atoms with Crippen LogP contribution < -0.4 is 5.32 Å². The molecule has 1 N–H and O–H groups in total. The topological polar surface area (TPSA) is 15.3 Å². The monoisotopic (exact) mass is 248 g/mol. The predicted octanol–water partition coefficient (Wildman–Crippen LogP) is 2.96. The van der Waals surface area contributed by atoms with Gasteiger partial charge in [0, 0.05) is 19.1 Å². The molecule has 0 saturated heterocycles. The average molecular weight is 248 g/mol. The van der Waals surface area contributed by atoms with E-state index in [1.165, 1.54) is 5.56 Å². The molecule has 92 valence electrons. The van der Waals surface area contributed by atoms with Crippen LogP contribution in [0.25, 0.3) is 0 Å². The Bertz CT molecular complexity index is 360. The summed E-state index contributed by atoms with van der Waals surface area (Å²) in [5, 5.41) is 3.95. The number of nitrogens with zero attached hydrogens (tertiary/aromatic N) is 1. The van der Waals surface area contributed by atoms with Crippen molar-refractivity contribution in [3.8, 4) is 0 Å². The summed E-state index contributed by atoms with van der Waals surface area (Å²) in [6.45, 7) is 9.51. The highest BCUT2D eigenvalue weighted by Crippen LogP contribution is 2.08. The van der Waals surface area contributed by atoms with Crippen molar-refractivity contribution in [1.29, 1.82) is 0 Å². The fraction of sp³-hybridized carbons (Fsp3) is 0.357. The summed E-state index contributed by atoms with van der Waals surface area (Å²) in [7, 11) is 0. The largest absolute Gasteiger partial charge is 0.359 e. The first-order chi connectivity index (χ1) is 8.15. The molecular weight excluding hydrogens is 228 g/mol. The fourth-order valence-electron chi connectivity index (χ4n) is 1.53. The van der Waals surface area contributed by atoms with Gasteiger partial charge in [-0.05, 0) is 31.6 Å². The Morgan fingerprint density at radius 2 is 2.06 bits per heavy atom. The van der Waals surface area contributed by atoms with Crippen LogP contribution in [-0.2, 0) is 6.54 Å². The molecule has 1 aromatic rings. The maximum Gasteiger partial charge on any atom is 0.169 e. The van der Waals surface area contributed by atoms with Crippen LogP contribution in [0.1, 0.15) is 19.4 Å². The van der Waals surface area contributed by atoms with E-state index in [0.717, 1.165) is 11.7 Å². The van der Waals surface area contributed by atoms with Gasteiger partial charge in [0.15, 0.2) is 5.11 Å². The van der Waals surface area contributed by atoms with Crippen LogP contribution in [0.5, 0.6) is 0 Å². The lowest BCUT2D eigenvalue weighted by molar-refractivity contribution is 0.339. The van der Waals surface area contributed by atoms with Crippen molar-refractivity contribution in [3.05, 3.63) is 48.6 Å². The van der Waals surface area contributed by atoms with Gasteiger partial charge in [0.25, 0.3) is 0 Å². The molecule has 0 bridgehead atoms. The predicted molar refractivity (Wildman–Crippen MR) is 77.9 cm³/mol. The van der Waals surface area contributed by atoms with Gasteiger partial charge < -0.3 is 10.2 Å². The Morgan fingerprint density at radius 1 is 1.41 bits per heavy atom. The van der Waals surface area contributed by atoms with Gasteiger partial charge in [0.05, 0.1) is 0 Å². The Labute approximate surface area is 109 Å². The second-order valence-corrected chi connectivity index (χ2v) is 4.57. The summed E-state index contributed by atoms with van der Waals surface area (Å²) in [6, 6.07) is 10.7. The van der Waals surface area contributed by atoms with Crippen molar-refractivity contribution >= 4 is 17.3 Å². The van der Waals surface area contributed by atoms with E-state index in [-0.39, 0.29) is 0 Å². The number of benzene rings is 1. The summed E-state index contributed by atoms with van der Waals surface area (Å²) in [6.07, 6.45) is 1.81. The number of rotatable bonds is 5. The number of thiocarbonyl (C=S) groups is 1. The van der Waals surface area contributed by atoms with Crippen molar-refractivity contribution in [2.75, 3.05) is 6.54 Å². The van der Waals surface area contributed by atoms with Gasteiger partial charge in [0.1, 0.15) is 0 Å². The minimum absolute atomic E-state index is 0.375. The van der Waals surface area contributed by atoms with Crippen LogP contribution in [0.4, 0.5) is 0 Å². The van der Waals surface area contributed by atoms with Crippen molar-refractivity contribution in [3.63, 3.8) is 0 Å². The van der Waals surface area contributed by atoms with Crippen molar-refractivity contribution in [1.82, 2.24) is 10.2 Å². The molecule has 0 amide bonds. The third-order valence-electron chi connectivity index (χ3n) is 2.48. The van der Waals surface area contributed by atoms with Gasteiger partial charge in [-0.3, -0.25) is 0 Å². The second-order valence-electron chi connectivity index (χ2n) is 4.18. The molecular formula is C14H20N2S. The summed E-state index contributed by atoms with van der Waals surface area (Å²) < 4.78 is 0. The van der Waals surface area contributed by atoms with Crippen LogP contribution >= 0.6 is 12.2 Å². The van der Waals surface area contributed by atoms with E-state index in [1.807, 2.05) is 24.3 Å². The van der Waals surface area contributed by atoms with E-state index in [1.54, 1.807) is 0 Å². The third kappa shape index (κ3) is 4.57. The van der Waals surface area contributed by atoms with Gasteiger partial charge in [-0.1, -0.05) is 36.4 Å². The van der Waals surface area contributed by atoms with Crippen LogP contribution in [0, 0.1) is 0 Å². The second kappa shape index (κ2) is 7.07. The molecule has 3 heteroatoms. The fourth-order valence-corrected chi connectivity index (χ4v) is 1.89. The highest BCUT2D eigenvalue weighted by molar-refractivity contribution is 7.80. The molecule has 0 aromatic heterocycles. The molecule has 0 saturated carbocycles. The molecule has 0 atom stereocenters. The van der Waals surface area contributed by atoms with Gasteiger partial charge in [-0.15, -0.1) is 6.58 Å². The van der Waals surface area contributed by atoms with Crippen molar-refractivity contribution in [2.24, 2.45) is 0 Å². The summed E-state index contributed by atoms with van der Waals surface area (Å²) >= 11 is 5.38. The molecule has 0 unspecified atom stereocenters. The van der Waals surface area contributed by atoms with Crippen LogP contribution in [0.2, 0.25) is 0 Å². The van der Waals surface area contributed by atoms with E-state index in [0.29, 0.717) is 12.6 Å². The summed E-state index contributed by atoms with van der Waals surface area (Å²) in [5.41, 5.74) is 1.27. The lowest BCUT2D eigenvalue weighted by atomic mass is 10.2. The molecule has 0 aliphatic carbocycles. The molecule has 0 spiro atoms. The van der Waals surface area contributed by atoms with E-state index >= 15 is 0 Å². The molecule has 1 aromatic carbocycles. The maximum atomic E-state index is 5.38. The van der Waals surface area contributed by atoms with Crippen molar-refractivity contribution < 1.29 is 0 Å². The minimum Gasteiger partial charge on any atom is -0.359 e. The Kier molecular flexibility index (Phi) is 5.70. The van der Waals surface area contributed by atoms with Gasteiger partial charge in [-0.25, -0.2) is 0 Å². The van der Waals surface area contributed by atoms with Crippen LogP contribution in [-0.4, -0.2) is 22.6 Å². The third-order valence-corrected chi connectivity index (χ3v) is 2.86. The normalized spacial score (nSPS) is 10.1. The first kappa shape index (κ1) is 13.7. The molecule has 0 fully saturated rings. The highest BCUT2D eigenvalue weighted by atomic mass is 32.1. The molecule has 0 heterocycles. The Morgan fingerprint density at radius 3 is 2.59 bits per heavy atom. The number of hydrogen-bond donors (Lipinski definition) is 1. The Balaban J connectivity index is 2.66. The SMILES string of the molecule is C=CCNC(=S)N(Cc1ccccc1)C(C)C. The van der Waals surface area contributed by atoms with Gasteiger partial charge in [0.2, 0.25) is 0 Å². The standard InChI is InChI=1S/C14H20N2S/c1-4-10-15-14(17)16(12(2)3)11-13-8-6-5-7-9-13/h4-9,12H,1,10-11H2,2-3H3,(H,15,17). The zero-order chi connectivity index (χ0) is 12.7. The molecule has 0 aliphatic rings. The number of hydrogen-bond acceptors (Lipinski definition) is 1. The zero-order valence-electron chi connectivity index (χ0n) is 10.5. The summed E-state index contributed by atoms with van der Waals surface area (Å²) in [5.74, 6) is 0. The lowest BCUT2D eigenvalue weighted by Crippen LogP contribution is -2.43. The quantitative estimate of drug-likeness (QED) is 0.637. The van der Waals surface area contributed by atoms with Crippen LogP contribution in [0.3, 0.4) is 0 Å².